The molecule has 0 saturated heterocycles. The van der Waals surface area contributed by atoms with E-state index in [9.17, 15) is 8.78 Å². The molecule has 0 aliphatic heterocycles. The van der Waals surface area contributed by atoms with Crippen molar-refractivity contribution in [2.45, 2.75) is 25.7 Å². The van der Waals surface area contributed by atoms with E-state index in [1.165, 1.54) is 18.6 Å². The Balaban J connectivity index is 2.25. The number of nitrogen functional groups attached to an aromatic ring is 1. The van der Waals surface area contributed by atoms with Crippen LogP contribution in [-0.2, 0) is 0 Å². The summed E-state index contributed by atoms with van der Waals surface area (Å²) in [6.07, 6.45) is 6.49. The fourth-order valence-electron chi connectivity index (χ4n) is 1.54. The average Bonchev–Trinajstić information content (AvgIpc) is 2.34. The third-order valence-electron chi connectivity index (χ3n) is 2.52. The van der Waals surface area contributed by atoms with Gasteiger partial charge in [0.15, 0.2) is 23.3 Å². The first-order valence-electron chi connectivity index (χ1n) is 5.99. The minimum Gasteiger partial charge on any atom is -0.381 e. The highest BCUT2D eigenvalue weighted by molar-refractivity contribution is 7.98. The number of halogens is 2. The third-order valence-corrected chi connectivity index (χ3v) is 3.22. The number of nitrogens with one attached hydrogen (secondary N) is 1. The van der Waals surface area contributed by atoms with Crippen LogP contribution in [0.5, 0.6) is 0 Å². The summed E-state index contributed by atoms with van der Waals surface area (Å²) in [4.78, 5) is 3.63. The second kappa shape index (κ2) is 8.13. The van der Waals surface area contributed by atoms with Gasteiger partial charge >= 0.3 is 0 Å². The Morgan fingerprint density at radius 1 is 1.22 bits per heavy atom. The van der Waals surface area contributed by atoms with E-state index in [0.717, 1.165) is 18.9 Å². The van der Waals surface area contributed by atoms with Gasteiger partial charge in [0.1, 0.15) is 0 Å². The lowest BCUT2D eigenvalue weighted by molar-refractivity contribution is 0.578. The molecule has 0 bridgehead atoms. The monoisotopic (exact) mass is 275 g/mol. The number of aromatic nitrogens is 1. The molecule has 18 heavy (non-hydrogen) atoms. The van der Waals surface area contributed by atoms with Gasteiger partial charge in [0.2, 0.25) is 0 Å². The predicted octanol–water partition coefficient (Wildman–Crippen LogP) is 3.28. The lowest BCUT2D eigenvalue weighted by Crippen LogP contribution is -2.08. The Hall–Kier alpha value is -1.04. The first-order chi connectivity index (χ1) is 8.65. The van der Waals surface area contributed by atoms with Crippen LogP contribution in [0.2, 0.25) is 0 Å². The van der Waals surface area contributed by atoms with Gasteiger partial charge < -0.3 is 11.1 Å². The molecule has 1 aromatic rings. The minimum absolute atomic E-state index is 0.0259. The molecule has 0 saturated carbocycles. The number of hydrogen-bond donors (Lipinski definition) is 2. The molecule has 0 fully saturated rings. The number of anilines is 2. The summed E-state index contributed by atoms with van der Waals surface area (Å²) >= 11 is 1.84. The zero-order chi connectivity index (χ0) is 13.4. The first kappa shape index (κ1) is 15.0. The normalized spacial score (nSPS) is 10.6. The molecule has 0 aromatic carbocycles. The zero-order valence-corrected chi connectivity index (χ0v) is 11.3. The Bertz CT molecular complexity index is 375. The van der Waals surface area contributed by atoms with Crippen LogP contribution in [0, 0.1) is 11.6 Å². The lowest BCUT2D eigenvalue weighted by atomic mass is 10.2. The Morgan fingerprint density at radius 3 is 2.67 bits per heavy atom. The summed E-state index contributed by atoms with van der Waals surface area (Å²) in [7, 11) is 0. The molecule has 3 N–H and O–H groups in total. The van der Waals surface area contributed by atoms with Crippen LogP contribution in [0.3, 0.4) is 0 Å². The molecule has 3 nitrogen and oxygen atoms in total. The van der Waals surface area contributed by atoms with E-state index in [-0.39, 0.29) is 11.6 Å². The van der Waals surface area contributed by atoms with Gasteiger partial charge in [0.05, 0.1) is 0 Å². The van der Waals surface area contributed by atoms with Crippen molar-refractivity contribution in [3.63, 3.8) is 0 Å². The lowest BCUT2D eigenvalue weighted by Gasteiger charge is -2.07. The fourth-order valence-corrected chi connectivity index (χ4v) is 2.03. The second-order valence-electron chi connectivity index (χ2n) is 4.02. The Morgan fingerprint density at radius 2 is 1.94 bits per heavy atom. The molecule has 6 heteroatoms. The second-order valence-corrected chi connectivity index (χ2v) is 5.01. The van der Waals surface area contributed by atoms with Crippen LogP contribution in [0.1, 0.15) is 25.7 Å². The van der Waals surface area contributed by atoms with Crippen molar-refractivity contribution in [3.05, 3.63) is 17.7 Å². The highest BCUT2D eigenvalue weighted by Crippen LogP contribution is 2.16. The summed E-state index contributed by atoms with van der Waals surface area (Å²) in [5.41, 5.74) is 5.28. The van der Waals surface area contributed by atoms with Crippen LogP contribution >= 0.6 is 11.8 Å². The summed E-state index contributed by atoms with van der Waals surface area (Å²) < 4.78 is 26.1. The largest absolute Gasteiger partial charge is 0.381 e. The zero-order valence-electron chi connectivity index (χ0n) is 10.5. The molecular weight excluding hydrogens is 256 g/mol. The first-order valence-corrected chi connectivity index (χ1v) is 7.39. The van der Waals surface area contributed by atoms with Gasteiger partial charge in [-0.05, 0) is 24.9 Å². The third kappa shape index (κ3) is 5.08. The molecule has 1 aromatic heterocycles. The van der Waals surface area contributed by atoms with Crippen molar-refractivity contribution in [2.75, 3.05) is 29.6 Å². The molecule has 0 unspecified atom stereocenters. The number of pyridine rings is 1. The fraction of sp³-hybridized carbons (Fsp3) is 0.583. The van der Waals surface area contributed by atoms with E-state index in [4.69, 9.17) is 5.73 Å². The number of nitrogens with zero attached hydrogens (tertiary/aromatic N) is 1. The highest BCUT2D eigenvalue weighted by atomic mass is 32.2. The van der Waals surface area contributed by atoms with Crippen LogP contribution in [0.15, 0.2) is 6.07 Å². The molecule has 0 radical (unpaired) electrons. The van der Waals surface area contributed by atoms with E-state index in [1.54, 1.807) is 0 Å². The van der Waals surface area contributed by atoms with Gasteiger partial charge in [-0.3, -0.25) is 0 Å². The van der Waals surface area contributed by atoms with Crippen LogP contribution in [0.25, 0.3) is 0 Å². The number of thioether (sulfide) groups is 1. The summed E-state index contributed by atoms with van der Waals surface area (Å²) in [6, 6.07) is 0.753. The number of unbranched alkanes of at least 4 members (excludes halogenated alkanes) is 3. The van der Waals surface area contributed by atoms with Gasteiger partial charge in [-0.1, -0.05) is 12.8 Å². The van der Waals surface area contributed by atoms with E-state index in [1.807, 2.05) is 11.8 Å². The van der Waals surface area contributed by atoms with Crippen molar-refractivity contribution in [1.82, 2.24) is 4.98 Å². The van der Waals surface area contributed by atoms with E-state index >= 15 is 0 Å². The maximum absolute atomic E-state index is 13.3. The van der Waals surface area contributed by atoms with Crippen molar-refractivity contribution in [1.29, 1.82) is 0 Å². The molecule has 1 heterocycles. The van der Waals surface area contributed by atoms with Crippen LogP contribution in [0.4, 0.5) is 20.4 Å². The predicted molar refractivity (Wildman–Crippen MR) is 73.9 cm³/mol. The highest BCUT2D eigenvalue weighted by Gasteiger charge is 2.08. The molecule has 0 amide bonds. The van der Waals surface area contributed by atoms with Gasteiger partial charge in [0.25, 0.3) is 0 Å². The standard InChI is InChI=1S/C12H19F2N3S/c1-18-7-5-3-2-4-6-16-12-10(14)8-9(13)11(15)17-12/h8H,2-7H2,1H3,(H3,15,16,17). The average molecular weight is 275 g/mol. The quantitative estimate of drug-likeness (QED) is 0.715. The Kier molecular flexibility index (Phi) is 6.78. The summed E-state index contributed by atoms with van der Waals surface area (Å²) in [5, 5.41) is 2.83. The number of rotatable bonds is 8. The van der Waals surface area contributed by atoms with Crippen molar-refractivity contribution >= 4 is 23.4 Å². The van der Waals surface area contributed by atoms with Gasteiger partial charge in [-0.2, -0.15) is 11.8 Å². The van der Waals surface area contributed by atoms with Gasteiger partial charge in [-0.15, -0.1) is 0 Å². The maximum Gasteiger partial charge on any atom is 0.168 e. The van der Waals surface area contributed by atoms with Gasteiger partial charge in [-0.25, -0.2) is 13.8 Å². The molecule has 0 aliphatic rings. The molecule has 0 atom stereocenters. The molecule has 0 aliphatic carbocycles. The molecule has 0 spiro atoms. The van der Waals surface area contributed by atoms with E-state index < -0.39 is 11.6 Å². The summed E-state index contributed by atoms with van der Waals surface area (Å²) in [6.45, 7) is 0.619. The van der Waals surface area contributed by atoms with Crippen molar-refractivity contribution in [3.8, 4) is 0 Å². The topological polar surface area (TPSA) is 50.9 Å². The summed E-state index contributed by atoms with van der Waals surface area (Å²) in [5.74, 6) is -0.603. The van der Waals surface area contributed by atoms with E-state index in [0.29, 0.717) is 6.54 Å². The smallest absolute Gasteiger partial charge is 0.168 e. The SMILES string of the molecule is CSCCCCCCNc1nc(N)c(F)cc1F. The number of nitrogens with two attached hydrogens (primary N) is 1. The molecule has 102 valence electrons. The van der Waals surface area contributed by atoms with Crippen molar-refractivity contribution in [2.24, 2.45) is 0 Å². The van der Waals surface area contributed by atoms with Crippen molar-refractivity contribution < 1.29 is 8.78 Å². The van der Waals surface area contributed by atoms with Crippen LogP contribution in [-0.4, -0.2) is 23.5 Å². The van der Waals surface area contributed by atoms with E-state index in [2.05, 4.69) is 16.6 Å². The maximum atomic E-state index is 13.3. The van der Waals surface area contributed by atoms with Crippen LogP contribution < -0.4 is 11.1 Å². The molecular formula is C12H19F2N3S. The molecule has 1 rings (SSSR count). The minimum atomic E-state index is -0.824. The number of hydrogen-bond acceptors (Lipinski definition) is 4. The Labute approximate surface area is 111 Å². The van der Waals surface area contributed by atoms with Gasteiger partial charge in [0, 0.05) is 12.6 Å².